The first-order valence-corrected chi connectivity index (χ1v) is 6.79. The number of hydrogen-bond donors (Lipinski definition) is 1. The van der Waals surface area contributed by atoms with Crippen LogP contribution in [0.25, 0.3) is 0 Å². The minimum atomic E-state index is -0.707. The molecule has 1 amide bonds. The number of hydrogen-bond acceptors (Lipinski definition) is 3. The Morgan fingerprint density at radius 1 is 1.48 bits per heavy atom. The van der Waals surface area contributed by atoms with Crippen molar-refractivity contribution in [3.05, 3.63) is 35.1 Å². The van der Waals surface area contributed by atoms with Crippen LogP contribution in [-0.2, 0) is 4.79 Å². The van der Waals surface area contributed by atoms with Gasteiger partial charge >= 0.3 is 0 Å². The molecule has 1 aliphatic rings. The number of carbonyl (C=O) groups is 1. The second kappa shape index (κ2) is 5.96. The van der Waals surface area contributed by atoms with Crippen molar-refractivity contribution >= 4 is 11.9 Å². The van der Waals surface area contributed by atoms with E-state index in [9.17, 15) is 9.18 Å². The molecule has 0 saturated heterocycles. The van der Waals surface area contributed by atoms with Gasteiger partial charge in [0.25, 0.3) is 5.91 Å². The summed E-state index contributed by atoms with van der Waals surface area (Å²) in [4.78, 5) is 17.4. The zero-order chi connectivity index (χ0) is 15.6. The molecule has 0 spiro atoms. The molecule has 5 heteroatoms. The van der Waals surface area contributed by atoms with Gasteiger partial charge in [0.2, 0.25) is 0 Å². The van der Waals surface area contributed by atoms with Crippen molar-refractivity contribution in [2.75, 3.05) is 7.05 Å². The lowest BCUT2D eigenvalue weighted by molar-refractivity contribution is -0.126. The maximum Gasteiger partial charge on any atom is 0.258 e. The molecule has 2 rings (SSSR count). The van der Waals surface area contributed by atoms with Crippen molar-refractivity contribution in [1.82, 2.24) is 4.90 Å². The molecule has 0 unspecified atom stereocenters. The quantitative estimate of drug-likeness (QED) is 0.846. The molecule has 1 aliphatic heterocycles. The standard InChI is InChI=1S/C16H18FN3O/c1-10(2)5-4-6-11-9-12(7-8-13(11)17)14-15(21)20(3)16(18)19-14/h7-10,14H,5H2,1-3H3,(H2,18,19)/t14-/m1/s1. The Bertz CT molecular complexity index is 655. The van der Waals surface area contributed by atoms with E-state index in [-0.39, 0.29) is 17.4 Å². The van der Waals surface area contributed by atoms with Crippen LogP contribution in [-0.4, -0.2) is 23.8 Å². The molecule has 110 valence electrons. The molecule has 0 aromatic heterocycles. The summed E-state index contributed by atoms with van der Waals surface area (Å²) in [6, 6.07) is 3.72. The lowest BCUT2D eigenvalue weighted by Gasteiger charge is -2.10. The van der Waals surface area contributed by atoms with Gasteiger partial charge in [-0.3, -0.25) is 9.69 Å². The van der Waals surface area contributed by atoms with E-state index in [1.807, 2.05) is 13.8 Å². The van der Waals surface area contributed by atoms with Crippen LogP contribution in [0.3, 0.4) is 0 Å². The SMILES string of the molecule is CC(C)CC#Cc1cc([C@H]2N=C(N)N(C)C2=O)ccc1F. The molecule has 0 fully saturated rings. The zero-order valence-electron chi connectivity index (χ0n) is 12.4. The lowest BCUT2D eigenvalue weighted by Crippen LogP contribution is -2.34. The average Bonchev–Trinajstić information content (AvgIpc) is 2.68. The molecule has 0 saturated carbocycles. The van der Waals surface area contributed by atoms with Gasteiger partial charge in [0, 0.05) is 13.5 Å². The minimum Gasteiger partial charge on any atom is -0.369 e. The number of guanidine groups is 1. The fourth-order valence-corrected chi connectivity index (χ4v) is 1.95. The molecule has 2 N–H and O–H groups in total. The fraction of sp³-hybridized carbons (Fsp3) is 0.375. The van der Waals surface area contributed by atoms with Crippen molar-refractivity contribution in [3.63, 3.8) is 0 Å². The lowest BCUT2D eigenvalue weighted by atomic mass is 10.0. The Morgan fingerprint density at radius 2 is 2.19 bits per heavy atom. The average molecular weight is 287 g/mol. The molecule has 1 heterocycles. The van der Waals surface area contributed by atoms with Gasteiger partial charge in [-0.15, -0.1) is 0 Å². The Balaban J connectivity index is 2.31. The second-order valence-electron chi connectivity index (χ2n) is 5.43. The summed E-state index contributed by atoms with van der Waals surface area (Å²) in [5.74, 6) is 5.74. The van der Waals surface area contributed by atoms with Gasteiger partial charge in [0.1, 0.15) is 5.82 Å². The maximum absolute atomic E-state index is 13.8. The van der Waals surface area contributed by atoms with Crippen molar-refractivity contribution in [3.8, 4) is 11.8 Å². The van der Waals surface area contributed by atoms with Gasteiger partial charge in [-0.2, -0.15) is 0 Å². The van der Waals surface area contributed by atoms with E-state index in [2.05, 4.69) is 16.8 Å². The molecule has 1 aromatic rings. The van der Waals surface area contributed by atoms with Gasteiger partial charge in [-0.05, 0) is 23.6 Å². The second-order valence-corrected chi connectivity index (χ2v) is 5.43. The van der Waals surface area contributed by atoms with Crippen LogP contribution < -0.4 is 5.73 Å². The first kappa shape index (κ1) is 15.0. The number of aliphatic imine (C=N–C) groups is 1. The molecule has 0 bridgehead atoms. The van der Waals surface area contributed by atoms with E-state index in [0.29, 0.717) is 17.9 Å². The van der Waals surface area contributed by atoms with Gasteiger partial charge in [-0.25, -0.2) is 9.38 Å². The van der Waals surface area contributed by atoms with Gasteiger partial charge in [0.05, 0.1) is 5.56 Å². The third-order valence-electron chi connectivity index (χ3n) is 3.21. The summed E-state index contributed by atoms with van der Waals surface area (Å²) < 4.78 is 13.8. The Kier molecular flexibility index (Phi) is 4.27. The molecule has 1 aromatic carbocycles. The molecule has 0 radical (unpaired) electrons. The van der Waals surface area contributed by atoms with Gasteiger partial charge in [-0.1, -0.05) is 31.8 Å². The number of amides is 1. The summed E-state index contributed by atoms with van der Waals surface area (Å²) >= 11 is 0. The highest BCUT2D eigenvalue weighted by atomic mass is 19.1. The third kappa shape index (κ3) is 3.22. The number of likely N-dealkylation sites (N-methyl/N-ethyl adjacent to an activating group) is 1. The topological polar surface area (TPSA) is 58.7 Å². The number of carbonyl (C=O) groups excluding carboxylic acids is 1. The Hall–Kier alpha value is -2.35. The van der Waals surface area contributed by atoms with Crippen LogP contribution in [0.15, 0.2) is 23.2 Å². The van der Waals surface area contributed by atoms with Gasteiger partial charge in [0.15, 0.2) is 12.0 Å². The van der Waals surface area contributed by atoms with Gasteiger partial charge < -0.3 is 5.73 Å². The third-order valence-corrected chi connectivity index (χ3v) is 3.21. The van der Waals surface area contributed by atoms with Crippen LogP contribution in [0.2, 0.25) is 0 Å². The number of halogens is 1. The van der Waals surface area contributed by atoms with Crippen LogP contribution in [0, 0.1) is 23.6 Å². The monoisotopic (exact) mass is 287 g/mol. The van der Waals surface area contributed by atoms with E-state index in [4.69, 9.17) is 5.73 Å². The van der Waals surface area contributed by atoms with Crippen LogP contribution in [0.5, 0.6) is 0 Å². The van der Waals surface area contributed by atoms with Crippen LogP contribution >= 0.6 is 0 Å². The molecule has 0 aliphatic carbocycles. The normalized spacial score (nSPS) is 17.8. The predicted octanol–water partition coefficient (Wildman–Crippen LogP) is 2.05. The predicted molar refractivity (Wildman–Crippen MR) is 79.9 cm³/mol. The van der Waals surface area contributed by atoms with E-state index in [0.717, 1.165) is 0 Å². The summed E-state index contributed by atoms with van der Waals surface area (Å²) in [7, 11) is 1.56. The highest BCUT2D eigenvalue weighted by molar-refractivity contribution is 6.04. The van der Waals surface area contributed by atoms with E-state index < -0.39 is 11.9 Å². The van der Waals surface area contributed by atoms with Crippen molar-refractivity contribution < 1.29 is 9.18 Å². The number of rotatable bonds is 2. The van der Waals surface area contributed by atoms with E-state index >= 15 is 0 Å². The Labute approximate surface area is 123 Å². The van der Waals surface area contributed by atoms with Crippen molar-refractivity contribution in [1.29, 1.82) is 0 Å². The molecule has 21 heavy (non-hydrogen) atoms. The van der Waals surface area contributed by atoms with Crippen molar-refractivity contribution in [2.45, 2.75) is 26.3 Å². The first-order chi connectivity index (χ1) is 9.90. The number of nitrogens with two attached hydrogens (primary N) is 1. The molecular formula is C16H18FN3O. The summed E-state index contributed by atoms with van der Waals surface area (Å²) in [5.41, 5.74) is 6.51. The maximum atomic E-state index is 13.8. The van der Waals surface area contributed by atoms with Crippen LogP contribution in [0.1, 0.15) is 37.4 Å². The minimum absolute atomic E-state index is 0.168. The molecular weight excluding hydrogens is 269 g/mol. The zero-order valence-corrected chi connectivity index (χ0v) is 12.4. The van der Waals surface area contributed by atoms with Crippen molar-refractivity contribution in [2.24, 2.45) is 16.6 Å². The van der Waals surface area contributed by atoms with E-state index in [1.165, 1.54) is 11.0 Å². The largest absolute Gasteiger partial charge is 0.369 e. The number of benzene rings is 1. The molecule has 1 atom stereocenters. The first-order valence-electron chi connectivity index (χ1n) is 6.79. The highest BCUT2D eigenvalue weighted by Crippen LogP contribution is 2.25. The van der Waals surface area contributed by atoms with E-state index in [1.54, 1.807) is 19.2 Å². The summed E-state index contributed by atoms with van der Waals surface area (Å²) in [6.45, 7) is 4.10. The number of nitrogens with zero attached hydrogens (tertiary/aromatic N) is 2. The van der Waals surface area contributed by atoms with Crippen LogP contribution in [0.4, 0.5) is 4.39 Å². The summed E-state index contributed by atoms with van der Waals surface area (Å²) in [6.07, 6.45) is 0.694. The highest BCUT2D eigenvalue weighted by Gasteiger charge is 2.31. The molecule has 4 nitrogen and oxygen atoms in total. The Morgan fingerprint density at radius 3 is 2.76 bits per heavy atom. The smallest absolute Gasteiger partial charge is 0.258 e. The fourth-order valence-electron chi connectivity index (χ4n) is 1.95. The summed E-state index contributed by atoms with van der Waals surface area (Å²) in [5, 5.41) is 0.